The molecule has 8 heteroatoms. The van der Waals surface area contributed by atoms with E-state index in [4.69, 9.17) is 9.47 Å². The molecule has 1 rings (SSSR count). The summed E-state index contributed by atoms with van der Waals surface area (Å²) in [5.74, 6) is -0.574. The average molecular weight is 412 g/mol. The van der Waals surface area contributed by atoms with E-state index in [1.165, 1.54) is 18.2 Å². The lowest BCUT2D eigenvalue weighted by molar-refractivity contribution is -0.155. The average Bonchev–Trinajstić information content (AvgIpc) is 2.50. The van der Waals surface area contributed by atoms with E-state index in [9.17, 15) is 18.0 Å². The normalized spacial score (nSPS) is 13.8. The third-order valence-electron chi connectivity index (χ3n) is 3.07. The van der Waals surface area contributed by atoms with Crippen molar-refractivity contribution in [3.63, 3.8) is 0 Å². The zero-order valence-electron chi connectivity index (χ0n) is 17.2. The lowest BCUT2D eigenvalue weighted by Gasteiger charge is -2.23. The van der Waals surface area contributed by atoms with Crippen molar-refractivity contribution >= 4 is 21.9 Å². The number of hydrogen-bond acceptors (Lipinski definition) is 6. The molecule has 1 N–H and O–H groups in total. The van der Waals surface area contributed by atoms with Crippen LogP contribution in [-0.4, -0.2) is 37.7 Å². The van der Waals surface area contributed by atoms with E-state index in [-0.39, 0.29) is 11.3 Å². The number of benzene rings is 1. The van der Waals surface area contributed by atoms with Crippen LogP contribution < -0.4 is 5.32 Å². The fourth-order valence-electron chi connectivity index (χ4n) is 2.08. The number of sulfone groups is 1. The van der Waals surface area contributed by atoms with Gasteiger partial charge < -0.3 is 14.8 Å². The van der Waals surface area contributed by atoms with Gasteiger partial charge in [-0.3, -0.25) is 4.79 Å². The van der Waals surface area contributed by atoms with Crippen LogP contribution in [0.4, 0.5) is 4.79 Å². The van der Waals surface area contributed by atoms with Crippen molar-refractivity contribution in [1.82, 2.24) is 5.32 Å². The van der Waals surface area contributed by atoms with Gasteiger partial charge in [0.25, 0.3) is 0 Å². The van der Waals surface area contributed by atoms with Gasteiger partial charge >= 0.3 is 12.1 Å². The highest BCUT2D eigenvalue weighted by molar-refractivity contribution is 7.94. The summed E-state index contributed by atoms with van der Waals surface area (Å²) < 4.78 is 35.3. The second-order valence-electron chi connectivity index (χ2n) is 8.23. The van der Waals surface area contributed by atoms with Gasteiger partial charge in [-0.25, -0.2) is 13.2 Å². The fourth-order valence-corrected chi connectivity index (χ4v) is 3.17. The Balaban J connectivity index is 2.99. The molecule has 156 valence electrons. The predicted molar refractivity (Wildman–Crippen MR) is 106 cm³/mol. The quantitative estimate of drug-likeness (QED) is 0.718. The molecule has 1 amide bonds. The minimum Gasteiger partial charge on any atom is -0.460 e. The van der Waals surface area contributed by atoms with E-state index in [0.29, 0.717) is 0 Å². The maximum atomic E-state index is 12.4. The summed E-state index contributed by atoms with van der Waals surface area (Å²) in [7, 11) is -3.72. The Morgan fingerprint density at radius 2 is 1.54 bits per heavy atom. The van der Waals surface area contributed by atoms with Crippen molar-refractivity contribution in [2.45, 2.75) is 70.1 Å². The first-order chi connectivity index (χ1) is 12.7. The molecular formula is C20H29NO6S. The molecule has 0 aromatic heterocycles. The molecule has 0 saturated carbocycles. The minimum atomic E-state index is -3.72. The van der Waals surface area contributed by atoms with Crippen molar-refractivity contribution in [2.75, 3.05) is 0 Å². The standard InChI is InChI=1S/C20H29NO6S/c1-19(2,3)26-17(22)14-15(21-18(23)27-20(4,5)6)12-13-28(24,25)16-10-8-7-9-11-16/h7-13,15H,14H2,1-6H3,(H,21,23)/b13-12+. The van der Waals surface area contributed by atoms with Crippen molar-refractivity contribution in [3.8, 4) is 0 Å². The van der Waals surface area contributed by atoms with Crippen molar-refractivity contribution < 1.29 is 27.5 Å². The van der Waals surface area contributed by atoms with E-state index in [0.717, 1.165) is 5.41 Å². The van der Waals surface area contributed by atoms with Gasteiger partial charge in [0.1, 0.15) is 11.2 Å². The van der Waals surface area contributed by atoms with Crippen molar-refractivity contribution in [1.29, 1.82) is 0 Å². The van der Waals surface area contributed by atoms with Gasteiger partial charge in [-0.05, 0) is 59.8 Å². The number of alkyl carbamates (subject to hydrolysis) is 1. The maximum absolute atomic E-state index is 12.4. The molecule has 1 aromatic carbocycles. The van der Waals surface area contributed by atoms with Crippen LogP contribution in [0.3, 0.4) is 0 Å². The molecule has 1 aromatic rings. The first-order valence-corrected chi connectivity index (χ1v) is 10.4. The molecule has 0 saturated heterocycles. The summed E-state index contributed by atoms with van der Waals surface area (Å²) in [6.45, 7) is 10.3. The van der Waals surface area contributed by atoms with Crippen LogP contribution >= 0.6 is 0 Å². The molecule has 7 nitrogen and oxygen atoms in total. The predicted octanol–water partition coefficient (Wildman–Crippen LogP) is 3.60. The van der Waals surface area contributed by atoms with E-state index < -0.39 is 39.1 Å². The Kier molecular flexibility index (Phi) is 7.81. The molecule has 0 aliphatic carbocycles. The number of hydrogen-bond donors (Lipinski definition) is 1. The van der Waals surface area contributed by atoms with Gasteiger partial charge in [0.05, 0.1) is 17.4 Å². The number of ether oxygens (including phenoxy) is 2. The van der Waals surface area contributed by atoms with E-state index >= 15 is 0 Å². The van der Waals surface area contributed by atoms with Gasteiger partial charge in [0.15, 0.2) is 9.84 Å². The minimum absolute atomic E-state index is 0.111. The van der Waals surface area contributed by atoms with E-state index in [2.05, 4.69) is 5.32 Å². The highest BCUT2D eigenvalue weighted by atomic mass is 32.2. The van der Waals surface area contributed by atoms with Crippen molar-refractivity contribution in [3.05, 3.63) is 41.8 Å². The smallest absolute Gasteiger partial charge is 0.408 e. The van der Waals surface area contributed by atoms with Crippen molar-refractivity contribution in [2.24, 2.45) is 0 Å². The first kappa shape index (κ1) is 23.7. The largest absolute Gasteiger partial charge is 0.460 e. The maximum Gasteiger partial charge on any atom is 0.408 e. The Hall–Kier alpha value is -2.35. The number of nitrogens with one attached hydrogen (secondary N) is 1. The Morgan fingerprint density at radius 3 is 2.04 bits per heavy atom. The molecule has 0 heterocycles. The highest BCUT2D eigenvalue weighted by Gasteiger charge is 2.23. The Bertz CT molecular complexity index is 771. The molecule has 1 unspecified atom stereocenters. The van der Waals surface area contributed by atoms with Gasteiger partial charge in [-0.2, -0.15) is 0 Å². The fraction of sp³-hybridized carbons (Fsp3) is 0.500. The van der Waals surface area contributed by atoms with Gasteiger partial charge in [0.2, 0.25) is 0 Å². The molecule has 0 aliphatic heterocycles. The number of esters is 1. The Morgan fingerprint density at radius 1 is 1.00 bits per heavy atom. The summed E-state index contributed by atoms with van der Waals surface area (Å²) in [5, 5.41) is 3.47. The monoisotopic (exact) mass is 411 g/mol. The molecular weight excluding hydrogens is 382 g/mol. The number of amides is 1. The van der Waals surface area contributed by atoms with Crippen LogP contribution in [0.15, 0.2) is 46.7 Å². The van der Waals surface area contributed by atoms with Crippen LogP contribution in [0.1, 0.15) is 48.0 Å². The summed E-state index contributed by atoms with van der Waals surface area (Å²) >= 11 is 0. The van der Waals surface area contributed by atoms with Crippen LogP contribution in [0, 0.1) is 0 Å². The zero-order valence-corrected chi connectivity index (χ0v) is 18.0. The first-order valence-electron chi connectivity index (χ1n) is 8.88. The summed E-state index contributed by atoms with van der Waals surface area (Å²) in [6.07, 6.45) is 0.246. The summed E-state index contributed by atoms with van der Waals surface area (Å²) in [6, 6.07) is 6.93. The highest BCUT2D eigenvalue weighted by Crippen LogP contribution is 2.14. The number of carbonyl (C=O) groups is 2. The third kappa shape index (κ3) is 9.55. The van der Waals surface area contributed by atoms with E-state index in [1.807, 2.05) is 0 Å². The van der Waals surface area contributed by atoms with Crippen LogP contribution in [0.5, 0.6) is 0 Å². The molecule has 28 heavy (non-hydrogen) atoms. The zero-order chi connectivity index (χ0) is 21.6. The van der Waals surface area contributed by atoms with Crippen LogP contribution in [-0.2, 0) is 24.1 Å². The van der Waals surface area contributed by atoms with E-state index in [1.54, 1.807) is 59.7 Å². The number of rotatable bonds is 6. The molecule has 0 aliphatic rings. The lowest BCUT2D eigenvalue weighted by atomic mass is 10.1. The van der Waals surface area contributed by atoms with Gasteiger partial charge in [0, 0.05) is 5.41 Å². The molecule has 0 fully saturated rings. The Labute approximate surface area is 167 Å². The SMILES string of the molecule is CC(C)(C)OC(=O)CC(/C=C/S(=O)(=O)c1ccccc1)NC(=O)OC(C)(C)C. The second kappa shape index (κ2) is 9.23. The molecule has 0 spiro atoms. The van der Waals surface area contributed by atoms with Crippen LogP contribution in [0.2, 0.25) is 0 Å². The van der Waals surface area contributed by atoms with Gasteiger partial charge in [-0.15, -0.1) is 0 Å². The third-order valence-corrected chi connectivity index (χ3v) is 4.52. The molecule has 1 atom stereocenters. The van der Waals surface area contributed by atoms with Crippen LogP contribution in [0.25, 0.3) is 0 Å². The molecule has 0 radical (unpaired) electrons. The summed E-state index contributed by atoms with van der Waals surface area (Å²) in [5.41, 5.74) is -1.44. The topological polar surface area (TPSA) is 98.8 Å². The molecule has 0 bridgehead atoms. The lowest BCUT2D eigenvalue weighted by Crippen LogP contribution is -2.40. The summed E-state index contributed by atoms with van der Waals surface area (Å²) in [4.78, 5) is 24.3. The second-order valence-corrected chi connectivity index (χ2v) is 10.1. The van der Waals surface area contributed by atoms with Gasteiger partial charge in [-0.1, -0.05) is 18.2 Å². The number of carbonyl (C=O) groups excluding carboxylic acids is 2.